The number of benzene rings is 1. The van der Waals surface area contributed by atoms with Crippen molar-refractivity contribution < 1.29 is 14.6 Å². The highest BCUT2D eigenvalue weighted by Gasteiger charge is 2.18. The number of aromatic nitrogens is 1. The standard InChI is InChI=1S/C15H17ClN2O3/c1-18(8-11(19)9-21-2)15(20)13-7-10-5-3-4-6-12(10)14(16)17-13/h3-7,11,19H,8-9H2,1-2H3. The van der Waals surface area contributed by atoms with Gasteiger partial charge in [0.15, 0.2) is 0 Å². The molecule has 1 aromatic carbocycles. The second-order valence-electron chi connectivity index (χ2n) is 4.81. The van der Waals surface area contributed by atoms with E-state index in [2.05, 4.69) is 4.98 Å². The van der Waals surface area contributed by atoms with Gasteiger partial charge >= 0.3 is 0 Å². The van der Waals surface area contributed by atoms with Crippen molar-refractivity contribution in [3.05, 3.63) is 41.2 Å². The molecule has 21 heavy (non-hydrogen) atoms. The minimum atomic E-state index is -0.736. The molecule has 1 heterocycles. The smallest absolute Gasteiger partial charge is 0.272 e. The van der Waals surface area contributed by atoms with E-state index < -0.39 is 6.10 Å². The third-order valence-corrected chi connectivity index (χ3v) is 3.39. The highest BCUT2D eigenvalue weighted by molar-refractivity contribution is 6.34. The molecule has 1 atom stereocenters. The molecular formula is C15H17ClN2O3. The zero-order valence-electron chi connectivity index (χ0n) is 11.9. The van der Waals surface area contributed by atoms with E-state index in [9.17, 15) is 9.90 Å². The molecule has 2 aromatic rings. The predicted molar refractivity (Wildman–Crippen MR) is 81.6 cm³/mol. The van der Waals surface area contributed by atoms with Crippen LogP contribution in [0.25, 0.3) is 10.8 Å². The van der Waals surface area contributed by atoms with E-state index >= 15 is 0 Å². The van der Waals surface area contributed by atoms with Gasteiger partial charge in [0, 0.05) is 26.1 Å². The number of likely N-dealkylation sites (N-methyl/N-ethyl adjacent to an activating group) is 1. The lowest BCUT2D eigenvalue weighted by atomic mass is 10.1. The van der Waals surface area contributed by atoms with Crippen molar-refractivity contribution in [3.8, 4) is 0 Å². The first-order chi connectivity index (χ1) is 10.0. The number of nitrogens with zero attached hydrogens (tertiary/aromatic N) is 2. The fourth-order valence-corrected chi connectivity index (χ4v) is 2.37. The van der Waals surface area contributed by atoms with E-state index in [0.717, 1.165) is 10.8 Å². The molecule has 1 unspecified atom stereocenters. The van der Waals surface area contributed by atoms with E-state index in [4.69, 9.17) is 16.3 Å². The van der Waals surface area contributed by atoms with Gasteiger partial charge in [-0.1, -0.05) is 35.9 Å². The van der Waals surface area contributed by atoms with Crippen LogP contribution in [0.5, 0.6) is 0 Å². The monoisotopic (exact) mass is 308 g/mol. The molecule has 2 rings (SSSR count). The van der Waals surface area contributed by atoms with Gasteiger partial charge in [0.1, 0.15) is 10.8 Å². The van der Waals surface area contributed by atoms with Crippen molar-refractivity contribution >= 4 is 28.3 Å². The van der Waals surface area contributed by atoms with Crippen molar-refractivity contribution in [1.29, 1.82) is 0 Å². The number of aliphatic hydroxyl groups excluding tert-OH is 1. The van der Waals surface area contributed by atoms with Crippen LogP contribution < -0.4 is 0 Å². The second kappa shape index (κ2) is 6.85. The van der Waals surface area contributed by atoms with Gasteiger partial charge in [0.2, 0.25) is 0 Å². The highest BCUT2D eigenvalue weighted by Crippen LogP contribution is 2.22. The van der Waals surface area contributed by atoms with Gasteiger partial charge in [0.25, 0.3) is 5.91 Å². The molecule has 0 aliphatic rings. The van der Waals surface area contributed by atoms with Crippen LogP contribution in [-0.4, -0.2) is 54.3 Å². The van der Waals surface area contributed by atoms with Gasteiger partial charge in [-0.2, -0.15) is 0 Å². The maximum Gasteiger partial charge on any atom is 0.272 e. The number of methoxy groups -OCH3 is 1. The van der Waals surface area contributed by atoms with Crippen molar-refractivity contribution in [2.24, 2.45) is 0 Å². The van der Waals surface area contributed by atoms with Gasteiger partial charge in [-0.15, -0.1) is 0 Å². The molecule has 0 aliphatic heterocycles. The second-order valence-corrected chi connectivity index (χ2v) is 5.17. The third-order valence-electron chi connectivity index (χ3n) is 3.10. The first-order valence-corrected chi connectivity index (χ1v) is 6.88. The number of carbonyl (C=O) groups is 1. The molecule has 0 fully saturated rings. The summed E-state index contributed by atoms with van der Waals surface area (Å²) in [5.74, 6) is -0.294. The number of halogens is 1. The molecule has 0 aliphatic carbocycles. The Morgan fingerprint density at radius 1 is 1.48 bits per heavy atom. The largest absolute Gasteiger partial charge is 0.389 e. The number of carbonyl (C=O) groups excluding carboxylic acids is 1. The molecule has 112 valence electrons. The molecule has 0 saturated heterocycles. The Morgan fingerprint density at radius 3 is 2.90 bits per heavy atom. The Bertz CT molecular complexity index is 648. The molecule has 0 bridgehead atoms. The summed E-state index contributed by atoms with van der Waals surface area (Å²) in [4.78, 5) is 17.9. The molecule has 0 spiro atoms. The fourth-order valence-electron chi connectivity index (χ4n) is 2.11. The van der Waals surface area contributed by atoms with Crippen molar-refractivity contribution in [2.45, 2.75) is 6.10 Å². The molecule has 5 nitrogen and oxygen atoms in total. The Labute approximate surface area is 128 Å². The summed E-state index contributed by atoms with van der Waals surface area (Å²) in [7, 11) is 3.10. The summed E-state index contributed by atoms with van der Waals surface area (Å²) < 4.78 is 4.84. The van der Waals surface area contributed by atoms with Crippen LogP contribution in [0.4, 0.5) is 0 Å². The van der Waals surface area contributed by atoms with Crippen molar-refractivity contribution in [3.63, 3.8) is 0 Å². The summed E-state index contributed by atoms with van der Waals surface area (Å²) in [5, 5.41) is 11.6. The first-order valence-electron chi connectivity index (χ1n) is 6.50. The number of fused-ring (bicyclic) bond motifs is 1. The van der Waals surface area contributed by atoms with Crippen molar-refractivity contribution in [1.82, 2.24) is 9.88 Å². The topological polar surface area (TPSA) is 62.7 Å². The average Bonchev–Trinajstić information content (AvgIpc) is 2.46. The molecule has 0 saturated carbocycles. The third kappa shape index (κ3) is 3.69. The summed E-state index contributed by atoms with van der Waals surface area (Å²) in [6, 6.07) is 9.16. The maximum atomic E-state index is 12.3. The molecule has 1 N–H and O–H groups in total. The van der Waals surface area contributed by atoms with Gasteiger partial charge in [-0.05, 0) is 11.5 Å². The van der Waals surface area contributed by atoms with Crippen LogP contribution >= 0.6 is 11.6 Å². The normalized spacial score (nSPS) is 12.4. The first kappa shape index (κ1) is 15.7. The van der Waals surface area contributed by atoms with Crippen LogP contribution in [0, 0.1) is 0 Å². The van der Waals surface area contributed by atoms with Crippen LogP contribution in [0.3, 0.4) is 0 Å². The van der Waals surface area contributed by atoms with E-state index in [0.29, 0.717) is 5.15 Å². The lowest BCUT2D eigenvalue weighted by Crippen LogP contribution is -2.36. The van der Waals surface area contributed by atoms with Crippen LogP contribution in [-0.2, 0) is 4.74 Å². The minimum Gasteiger partial charge on any atom is -0.389 e. The Morgan fingerprint density at radius 2 is 2.19 bits per heavy atom. The zero-order chi connectivity index (χ0) is 15.4. The highest BCUT2D eigenvalue weighted by atomic mass is 35.5. The quantitative estimate of drug-likeness (QED) is 0.858. The van der Waals surface area contributed by atoms with Gasteiger partial charge in [0.05, 0.1) is 12.7 Å². The number of ether oxygens (including phenoxy) is 1. The number of hydrogen-bond acceptors (Lipinski definition) is 4. The lowest BCUT2D eigenvalue weighted by molar-refractivity contribution is 0.0378. The van der Waals surface area contributed by atoms with Crippen LogP contribution in [0.15, 0.2) is 30.3 Å². The number of aliphatic hydroxyl groups is 1. The summed E-state index contributed by atoms with van der Waals surface area (Å²) in [6.45, 7) is 0.336. The summed E-state index contributed by atoms with van der Waals surface area (Å²) >= 11 is 6.12. The van der Waals surface area contributed by atoms with Gasteiger partial charge in [-0.25, -0.2) is 4.98 Å². The Balaban J connectivity index is 2.23. The zero-order valence-corrected chi connectivity index (χ0v) is 12.7. The maximum absolute atomic E-state index is 12.3. The predicted octanol–water partition coefficient (Wildman–Crippen LogP) is 1.97. The van der Waals surface area contributed by atoms with Gasteiger partial charge in [-0.3, -0.25) is 4.79 Å². The molecule has 1 aromatic heterocycles. The summed E-state index contributed by atoms with van der Waals surface area (Å²) in [5.41, 5.74) is 0.255. The molecule has 0 radical (unpaired) electrons. The lowest BCUT2D eigenvalue weighted by Gasteiger charge is -2.20. The fraction of sp³-hybridized carbons (Fsp3) is 0.333. The number of pyridine rings is 1. The summed E-state index contributed by atoms with van der Waals surface area (Å²) in [6.07, 6.45) is -0.736. The van der Waals surface area contributed by atoms with Crippen LogP contribution in [0.2, 0.25) is 5.15 Å². The van der Waals surface area contributed by atoms with E-state index in [1.165, 1.54) is 12.0 Å². The number of amides is 1. The molecular weight excluding hydrogens is 292 g/mol. The van der Waals surface area contributed by atoms with Gasteiger partial charge < -0.3 is 14.7 Å². The minimum absolute atomic E-state index is 0.165. The SMILES string of the molecule is COCC(O)CN(C)C(=O)c1cc2ccccc2c(Cl)n1. The van der Waals surface area contributed by atoms with E-state index in [1.54, 1.807) is 13.1 Å². The van der Waals surface area contributed by atoms with Crippen LogP contribution in [0.1, 0.15) is 10.5 Å². The Kier molecular flexibility index (Phi) is 5.12. The molecule has 6 heteroatoms. The number of rotatable bonds is 5. The van der Waals surface area contributed by atoms with E-state index in [1.807, 2.05) is 24.3 Å². The average molecular weight is 309 g/mol. The Hall–Kier alpha value is -1.69. The van der Waals surface area contributed by atoms with Crippen molar-refractivity contribution in [2.75, 3.05) is 27.3 Å². The van der Waals surface area contributed by atoms with E-state index in [-0.39, 0.29) is 24.8 Å². The number of hydrogen-bond donors (Lipinski definition) is 1. The molecule has 1 amide bonds.